The van der Waals surface area contributed by atoms with Crippen molar-refractivity contribution in [3.63, 3.8) is 0 Å². The highest BCUT2D eigenvalue weighted by Gasteiger charge is 2.62. The number of Topliss-reactive ketones (excluding diaryl/α,β-unsaturated/α-hetero) is 1. The number of hydrogen-bond acceptors (Lipinski definition) is 7. The molecule has 1 saturated heterocycles. The average molecular weight is 456 g/mol. The van der Waals surface area contributed by atoms with Crippen LogP contribution < -0.4 is 0 Å². The molecule has 0 aromatic heterocycles. The minimum absolute atomic E-state index is 0.133. The average Bonchev–Trinajstić information content (AvgIpc) is 3.12. The number of imide groups is 1. The van der Waals surface area contributed by atoms with Crippen molar-refractivity contribution in [3.8, 4) is 0 Å². The quantitative estimate of drug-likeness (QED) is 0.299. The third-order valence-corrected chi connectivity index (χ3v) is 7.99. The predicted molar refractivity (Wildman–Crippen MR) is 112 cm³/mol. The van der Waals surface area contributed by atoms with Crippen LogP contribution in [0.15, 0.2) is 53.4 Å². The second kappa shape index (κ2) is 7.63. The zero-order chi connectivity index (χ0) is 23.3. The summed E-state index contributed by atoms with van der Waals surface area (Å²) in [5.41, 5.74) is -0.421. The molecule has 1 saturated carbocycles. The normalized spacial score (nSPS) is 23.7. The van der Waals surface area contributed by atoms with Crippen molar-refractivity contribution in [2.24, 2.45) is 5.41 Å². The van der Waals surface area contributed by atoms with Gasteiger partial charge in [0, 0.05) is 30.9 Å². The number of nitrogens with zero attached hydrogens (tertiary/aromatic N) is 2. The lowest BCUT2D eigenvalue weighted by atomic mass is 9.66. The van der Waals surface area contributed by atoms with E-state index in [1.165, 1.54) is 0 Å². The molecule has 0 unspecified atom stereocenters. The number of amides is 2. The van der Waals surface area contributed by atoms with E-state index in [4.69, 9.17) is 0 Å². The number of carbonyl (C=O) groups is 3. The van der Waals surface area contributed by atoms with Crippen LogP contribution in [-0.2, 0) is 24.4 Å². The third-order valence-electron chi connectivity index (χ3n) is 6.27. The lowest BCUT2D eigenvalue weighted by Crippen LogP contribution is -2.58. The van der Waals surface area contributed by atoms with Crippen LogP contribution >= 0.6 is 0 Å². The second-order valence-corrected chi connectivity index (χ2v) is 9.92. The number of nitro benzene ring substituents is 1. The number of nitro groups is 1. The number of rotatable bonds is 4. The first kappa shape index (κ1) is 21.8. The third kappa shape index (κ3) is 3.22. The molecule has 10 heteroatoms. The van der Waals surface area contributed by atoms with Crippen LogP contribution in [0.1, 0.15) is 42.7 Å². The van der Waals surface area contributed by atoms with Crippen molar-refractivity contribution in [2.45, 2.75) is 43.4 Å². The highest BCUT2D eigenvalue weighted by Crippen LogP contribution is 2.53. The number of piperidine rings is 1. The zero-order valence-corrected chi connectivity index (χ0v) is 18.0. The van der Waals surface area contributed by atoms with E-state index in [0.717, 1.165) is 29.8 Å². The van der Waals surface area contributed by atoms with Gasteiger partial charge in [-0.1, -0.05) is 29.8 Å². The molecule has 2 fully saturated rings. The summed E-state index contributed by atoms with van der Waals surface area (Å²) in [6.45, 7) is 1.85. The van der Waals surface area contributed by atoms with E-state index >= 15 is 0 Å². The van der Waals surface area contributed by atoms with E-state index in [0.29, 0.717) is 12.0 Å². The maximum atomic E-state index is 13.6. The summed E-state index contributed by atoms with van der Waals surface area (Å²) in [7, 11) is -4.64. The molecule has 4 rings (SSSR count). The maximum absolute atomic E-state index is 13.6. The molecule has 1 aliphatic carbocycles. The van der Waals surface area contributed by atoms with Crippen LogP contribution in [0.2, 0.25) is 0 Å². The molecule has 0 radical (unpaired) electrons. The summed E-state index contributed by atoms with van der Waals surface area (Å²) in [5, 5.41) is 10.9. The van der Waals surface area contributed by atoms with Gasteiger partial charge in [-0.2, -0.15) is 4.31 Å². The van der Waals surface area contributed by atoms with Gasteiger partial charge in [0.25, 0.3) is 21.6 Å². The lowest BCUT2D eigenvalue weighted by molar-refractivity contribution is -0.384. The fraction of sp³-hybridized carbons (Fsp3) is 0.318. The molecule has 2 aromatic carbocycles. The number of sulfonamides is 1. The number of non-ortho nitro benzene ring substituents is 1. The Kier molecular flexibility index (Phi) is 5.20. The van der Waals surface area contributed by atoms with Gasteiger partial charge >= 0.3 is 0 Å². The molecule has 1 aliphatic heterocycles. The molecule has 0 bridgehead atoms. The topological polar surface area (TPSA) is 132 Å². The van der Waals surface area contributed by atoms with Gasteiger partial charge in [-0.3, -0.25) is 24.5 Å². The van der Waals surface area contributed by atoms with Crippen molar-refractivity contribution in [2.75, 3.05) is 0 Å². The van der Waals surface area contributed by atoms with Gasteiger partial charge in [0.05, 0.1) is 9.82 Å². The smallest absolute Gasteiger partial charge is 0.273 e. The molecule has 1 spiro atoms. The van der Waals surface area contributed by atoms with Crippen LogP contribution in [0.5, 0.6) is 0 Å². The van der Waals surface area contributed by atoms with Crippen molar-refractivity contribution in [1.82, 2.24) is 4.31 Å². The van der Waals surface area contributed by atoms with Crippen LogP contribution in [-0.4, -0.2) is 35.2 Å². The predicted octanol–water partition coefficient (Wildman–Crippen LogP) is 2.87. The van der Waals surface area contributed by atoms with Gasteiger partial charge in [0.2, 0.25) is 5.91 Å². The summed E-state index contributed by atoms with van der Waals surface area (Å²) in [6.07, 6.45) is 0.399. The van der Waals surface area contributed by atoms with Crippen LogP contribution in [0.3, 0.4) is 0 Å². The molecular weight excluding hydrogens is 436 g/mol. The summed E-state index contributed by atoms with van der Waals surface area (Å²) in [4.78, 5) is 49.4. The fourth-order valence-corrected chi connectivity index (χ4v) is 6.15. The second-order valence-electron chi connectivity index (χ2n) is 8.14. The molecule has 2 aromatic rings. The van der Waals surface area contributed by atoms with Crippen molar-refractivity contribution in [1.29, 1.82) is 0 Å². The van der Waals surface area contributed by atoms with Crippen LogP contribution in [0.4, 0.5) is 5.69 Å². The van der Waals surface area contributed by atoms with E-state index in [1.54, 1.807) is 18.2 Å². The largest absolute Gasteiger partial charge is 0.298 e. The monoisotopic (exact) mass is 456 g/mol. The van der Waals surface area contributed by atoms with E-state index in [1.807, 2.05) is 13.0 Å². The molecule has 2 aliphatic rings. The van der Waals surface area contributed by atoms with Gasteiger partial charge in [0.1, 0.15) is 11.2 Å². The Morgan fingerprint density at radius 3 is 2.34 bits per heavy atom. The molecule has 2 amide bonds. The number of aryl methyl sites for hydroxylation is 1. The van der Waals surface area contributed by atoms with Crippen LogP contribution in [0, 0.1) is 22.5 Å². The number of hydrogen-bond donors (Lipinski definition) is 0. The lowest BCUT2D eigenvalue weighted by Gasteiger charge is -2.42. The summed E-state index contributed by atoms with van der Waals surface area (Å²) in [6, 6.07) is 11.1. The Hall–Kier alpha value is -3.40. The Morgan fingerprint density at radius 1 is 1.09 bits per heavy atom. The van der Waals surface area contributed by atoms with E-state index < -0.39 is 43.0 Å². The molecule has 0 N–H and O–H groups in total. The molecular formula is C22H20N2O7S. The van der Waals surface area contributed by atoms with E-state index in [2.05, 4.69) is 0 Å². The highest BCUT2D eigenvalue weighted by molar-refractivity contribution is 7.90. The van der Waals surface area contributed by atoms with Gasteiger partial charge in [-0.15, -0.1) is 0 Å². The first-order chi connectivity index (χ1) is 15.1. The van der Waals surface area contributed by atoms with E-state index in [9.17, 15) is 32.9 Å². The summed E-state index contributed by atoms with van der Waals surface area (Å²) < 4.78 is 26.7. The SMILES string of the molecule is Cc1cccc([C@@H]2CC(=O)N(S(=O)(=O)c3ccc([N+](=O)[O-])cc3)C(=O)[C@@]23CCCC3=O)c1. The Labute approximate surface area is 184 Å². The minimum atomic E-state index is -4.64. The summed E-state index contributed by atoms with van der Waals surface area (Å²) >= 11 is 0. The number of carbonyl (C=O) groups excluding carboxylic acids is 3. The van der Waals surface area contributed by atoms with Gasteiger partial charge in [0.15, 0.2) is 0 Å². The first-order valence-electron chi connectivity index (χ1n) is 10.1. The molecule has 9 nitrogen and oxygen atoms in total. The fourth-order valence-electron chi connectivity index (χ4n) is 4.74. The molecule has 1 heterocycles. The van der Waals surface area contributed by atoms with Gasteiger partial charge in [-0.05, 0) is 37.5 Å². The highest BCUT2D eigenvalue weighted by atomic mass is 32.2. The minimum Gasteiger partial charge on any atom is -0.298 e. The Bertz CT molecular complexity index is 1250. The molecule has 32 heavy (non-hydrogen) atoms. The van der Waals surface area contributed by atoms with Gasteiger partial charge < -0.3 is 0 Å². The van der Waals surface area contributed by atoms with Crippen LogP contribution in [0.25, 0.3) is 0 Å². The maximum Gasteiger partial charge on any atom is 0.273 e. The number of ketones is 1. The standard InChI is InChI=1S/C22H20N2O7S/c1-14-4-2-5-15(12-14)18-13-20(26)23(21(27)22(18)11-3-6-19(22)25)32(30,31)17-9-7-16(8-10-17)24(28)29/h2,4-5,7-10,12,18H,3,6,11,13H2,1H3/t18-,22-/m0/s1. The van der Waals surface area contributed by atoms with E-state index in [-0.39, 0.29) is 35.0 Å². The van der Waals surface area contributed by atoms with Crippen molar-refractivity contribution < 1.29 is 27.7 Å². The first-order valence-corrected chi connectivity index (χ1v) is 11.5. The Balaban J connectivity index is 1.81. The van der Waals surface area contributed by atoms with Crippen molar-refractivity contribution in [3.05, 3.63) is 69.8 Å². The molecule has 2 atom stereocenters. The summed E-state index contributed by atoms with van der Waals surface area (Å²) in [5.74, 6) is -3.09. The van der Waals surface area contributed by atoms with Gasteiger partial charge in [-0.25, -0.2) is 8.42 Å². The van der Waals surface area contributed by atoms with Crippen molar-refractivity contribution >= 4 is 33.3 Å². The Morgan fingerprint density at radius 2 is 1.78 bits per heavy atom. The zero-order valence-electron chi connectivity index (χ0n) is 17.2. The number of benzene rings is 2. The molecule has 166 valence electrons.